The van der Waals surface area contributed by atoms with Gasteiger partial charge in [-0.3, -0.25) is 18.2 Å². The largest absolute Gasteiger partial charge is 0.285 e. The molecular formula is C29H56O12P2S4+2. The van der Waals surface area contributed by atoms with Crippen molar-refractivity contribution >= 4 is 55.0 Å². The fourth-order valence-electron chi connectivity index (χ4n) is 10.4. The Balaban J connectivity index is 1.69. The molecule has 0 radical (unpaired) electrons. The molecule has 4 aliphatic carbocycles. The molecule has 18 heteroatoms. The molecule has 8 atom stereocenters. The molecule has 12 nitrogen and oxygen atoms in total. The predicted molar refractivity (Wildman–Crippen MR) is 190 cm³/mol. The standard InChI is InChI=1S/C29H54O12P2S4/c1-3-14-42(22-6-10-26(18-22)44(30,31)32,23-7-11-27(19-23)45(33,34)35)16-5-17-43(15-4-2,24-8-12-28(20-24)46(36,37)38)25-9-13-29(21-25)47(39,40)41/h22-29H,3-21H2,1-2H3,(H2-2,30,31,32,33,34,35,36,37,38,39,40,41)/p+2. The van der Waals surface area contributed by atoms with Crippen LogP contribution >= 0.6 is 14.5 Å². The highest BCUT2D eigenvalue weighted by molar-refractivity contribution is 7.87. The van der Waals surface area contributed by atoms with E-state index in [0.29, 0.717) is 77.0 Å². The molecule has 0 bridgehead atoms. The van der Waals surface area contributed by atoms with Crippen LogP contribution in [0.25, 0.3) is 0 Å². The summed E-state index contributed by atoms with van der Waals surface area (Å²) in [4.78, 5) is 0. The monoisotopic (exact) mass is 786 g/mol. The molecule has 0 aliphatic heterocycles. The summed E-state index contributed by atoms with van der Waals surface area (Å²) in [6.07, 6.45) is 11.0. The number of hydrogen-bond donors (Lipinski definition) is 4. The van der Waals surface area contributed by atoms with Gasteiger partial charge in [-0.15, -0.1) is 0 Å². The van der Waals surface area contributed by atoms with Gasteiger partial charge in [-0.2, -0.15) is 33.7 Å². The van der Waals surface area contributed by atoms with Crippen LogP contribution in [0.3, 0.4) is 0 Å². The smallest absolute Gasteiger partial charge is 0.267 e. The maximum Gasteiger partial charge on any atom is 0.267 e. The molecule has 4 saturated carbocycles. The average Bonchev–Trinajstić information content (AvgIpc) is 3.76. The molecule has 4 aliphatic rings. The molecule has 0 aromatic rings. The van der Waals surface area contributed by atoms with E-state index in [9.17, 15) is 51.9 Å². The number of hydrogen-bond acceptors (Lipinski definition) is 8. The minimum absolute atomic E-state index is 0.0456. The van der Waals surface area contributed by atoms with Gasteiger partial charge in [-0.25, -0.2) is 0 Å². The van der Waals surface area contributed by atoms with Gasteiger partial charge >= 0.3 is 0 Å². The molecule has 0 amide bonds. The van der Waals surface area contributed by atoms with Crippen molar-refractivity contribution in [2.24, 2.45) is 0 Å². The first-order valence-corrected chi connectivity index (χ1v) is 27.9. The van der Waals surface area contributed by atoms with Crippen LogP contribution in [0.4, 0.5) is 0 Å². The normalized spacial score (nSPS) is 35.2. The highest BCUT2D eigenvalue weighted by Gasteiger charge is 2.60. The Morgan fingerprint density at radius 2 is 0.660 bits per heavy atom. The molecule has 4 N–H and O–H groups in total. The van der Waals surface area contributed by atoms with Gasteiger partial charge in [0.2, 0.25) is 0 Å². The summed E-state index contributed by atoms with van der Waals surface area (Å²) in [6.45, 7) is 4.16. The molecule has 276 valence electrons. The van der Waals surface area contributed by atoms with E-state index in [1.165, 1.54) is 0 Å². The Hall–Kier alpha value is 0.500. The van der Waals surface area contributed by atoms with Gasteiger partial charge in [-0.1, -0.05) is 13.8 Å². The molecule has 0 aromatic carbocycles. The van der Waals surface area contributed by atoms with Crippen molar-refractivity contribution in [3.63, 3.8) is 0 Å². The Bertz CT molecular complexity index is 1320. The highest BCUT2D eigenvalue weighted by Crippen LogP contribution is 2.77. The Morgan fingerprint density at radius 1 is 0.426 bits per heavy atom. The first-order chi connectivity index (χ1) is 21.7. The van der Waals surface area contributed by atoms with Gasteiger partial charge in [0, 0.05) is 46.6 Å². The van der Waals surface area contributed by atoms with E-state index in [1.54, 1.807) is 0 Å². The van der Waals surface area contributed by atoms with Crippen molar-refractivity contribution in [2.75, 3.05) is 24.6 Å². The first-order valence-electron chi connectivity index (χ1n) is 17.3. The van der Waals surface area contributed by atoms with Gasteiger partial charge in [0.05, 0.1) is 68.3 Å². The van der Waals surface area contributed by atoms with Crippen LogP contribution < -0.4 is 0 Å². The number of rotatable bonds is 16. The van der Waals surface area contributed by atoms with Gasteiger partial charge in [0.25, 0.3) is 40.5 Å². The first kappa shape index (κ1) is 40.3. The van der Waals surface area contributed by atoms with E-state index in [1.807, 2.05) is 0 Å². The summed E-state index contributed by atoms with van der Waals surface area (Å²) in [5, 5.41) is -3.39. The lowest BCUT2D eigenvalue weighted by molar-refractivity contribution is 0.465. The lowest BCUT2D eigenvalue weighted by Gasteiger charge is -2.41. The van der Waals surface area contributed by atoms with Crippen LogP contribution in [0.2, 0.25) is 0 Å². The summed E-state index contributed by atoms with van der Waals surface area (Å²) >= 11 is 0. The molecule has 4 rings (SSSR count). The van der Waals surface area contributed by atoms with E-state index in [2.05, 4.69) is 13.8 Å². The molecular weight excluding hydrogens is 731 g/mol. The summed E-state index contributed by atoms with van der Waals surface area (Å²) < 4.78 is 137. The lowest BCUT2D eigenvalue weighted by atomic mass is 10.3. The second-order valence-electron chi connectivity index (χ2n) is 14.9. The van der Waals surface area contributed by atoms with Crippen LogP contribution in [0, 0.1) is 0 Å². The SMILES string of the molecule is CCC[P+](CCC[P+](CCC)(C1CCC(S(=O)(=O)O)C1)C1CCC(S(=O)(=O)O)C1)(C1CCC(S(=O)(=O)O)C1)C1CCC(S(=O)(=O)O)C1. The van der Waals surface area contributed by atoms with E-state index < -0.39 is 76.0 Å². The minimum atomic E-state index is -4.23. The van der Waals surface area contributed by atoms with Crippen molar-refractivity contribution in [1.29, 1.82) is 0 Å². The van der Waals surface area contributed by atoms with Gasteiger partial charge in [0.1, 0.15) is 0 Å². The van der Waals surface area contributed by atoms with Gasteiger partial charge < -0.3 is 0 Å². The zero-order valence-corrected chi connectivity index (χ0v) is 32.7. The maximum atomic E-state index is 12.2. The van der Waals surface area contributed by atoms with Crippen LogP contribution in [-0.2, 0) is 40.5 Å². The topological polar surface area (TPSA) is 217 Å². The van der Waals surface area contributed by atoms with Crippen LogP contribution in [0.15, 0.2) is 0 Å². The maximum absolute atomic E-state index is 12.2. The lowest BCUT2D eigenvalue weighted by Crippen LogP contribution is -2.31. The molecule has 8 unspecified atom stereocenters. The van der Waals surface area contributed by atoms with E-state index in [4.69, 9.17) is 0 Å². The van der Waals surface area contributed by atoms with Gasteiger partial charge in [0.15, 0.2) is 0 Å². The zero-order valence-electron chi connectivity index (χ0n) is 27.6. The van der Waals surface area contributed by atoms with Crippen molar-refractivity contribution in [1.82, 2.24) is 0 Å². The Morgan fingerprint density at radius 3 is 0.830 bits per heavy atom. The molecule has 0 spiro atoms. The molecule has 47 heavy (non-hydrogen) atoms. The third-order valence-corrected chi connectivity index (χ3v) is 30.1. The van der Waals surface area contributed by atoms with Crippen molar-refractivity contribution in [2.45, 2.75) is 154 Å². The van der Waals surface area contributed by atoms with Gasteiger partial charge in [-0.05, 0) is 64.2 Å². The second kappa shape index (κ2) is 15.2. The van der Waals surface area contributed by atoms with Crippen molar-refractivity contribution in [3.8, 4) is 0 Å². The third-order valence-electron chi connectivity index (χ3n) is 12.4. The predicted octanol–water partition coefficient (Wildman–Crippen LogP) is 5.47. The van der Waals surface area contributed by atoms with E-state index >= 15 is 0 Å². The summed E-state index contributed by atoms with van der Waals surface area (Å²) in [6, 6.07) is 0. The molecule has 0 saturated heterocycles. The molecule has 4 fully saturated rings. The second-order valence-corrected chi connectivity index (χ2v) is 30.8. The van der Waals surface area contributed by atoms with Crippen LogP contribution in [0.1, 0.15) is 110 Å². The quantitative estimate of drug-likeness (QED) is 0.113. The highest BCUT2D eigenvalue weighted by atomic mass is 32.2. The average molecular weight is 787 g/mol. The van der Waals surface area contributed by atoms with Crippen molar-refractivity contribution < 1.29 is 51.9 Å². The third kappa shape index (κ3) is 9.12. The summed E-state index contributed by atoms with van der Waals surface area (Å²) in [5.41, 5.74) is 0.182. The van der Waals surface area contributed by atoms with Crippen LogP contribution in [0.5, 0.6) is 0 Å². The summed E-state index contributed by atoms with van der Waals surface area (Å²) in [7, 11) is -21.0. The minimum Gasteiger partial charge on any atom is -0.285 e. The van der Waals surface area contributed by atoms with Crippen LogP contribution in [-0.4, -0.2) is 120 Å². The fourth-order valence-corrected chi connectivity index (χ4v) is 27.9. The fraction of sp³-hybridized carbons (Fsp3) is 1.00. The molecule has 0 aromatic heterocycles. The Labute approximate surface area is 284 Å². The summed E-state index contributed by atoms with van der Waals surface area (Å²) in [5.74, 6) is 0. The molecule has 0 heterocycles. The zero-order chi connectivity index (χ0) is 35.1. The van der Waals surface area contributed by atoms with Crippen molar-refractivity contribution in [3.05, 3.63) is 0 Å². The van der Waals surface area contributed by atoms with E-state index in [-0.39, 0.29) is 22.6 Å². The van der Waals surface area contributed by atoms with E-state index in [0.717, 1.165) is 43.9 Å². The Kier molecular flexibility index (Phi) is 13.1.